The van der Waals surface area contributed by atoms with E-state index >= 15 is 0 Å². The number of allylic oxidation sites excluding steroid dienone is 3. The van der Waals surface area contributed by atoms with Gasteiger partial charge in [0.15, 0.2) is 5.97 Å². The van der Waals surface area contributed by atoms with E-state index in [2.05, 4.69) is 37.5 Å². The molecule has 0 aromatic heterocycles. The first-order valence-corrected chi connectivity index (χ1v) is 15.3. The van der Waals surface area contributed by atoms with Crippen LogP contribution in [-0.2, 0) is 20.7 Å². The van der Waals surface area contributed by atoms with E-state index in [0.29, 0.717) is 30.6 Å². The minimum atomic E-state index is -0.873. The number of nitrogens with one attached hydrogen (secondary N) is 1. The lowest BCUT2D eigenvalue weighted by molar-refractivity contribution is -0.136. The standard InChI is InChI=1S/C26H36N2O5.C4H8.C2H4FN.C2H6/c1-4-33-24-15-22(6-5-19(24)2)17-27-13-11-21(12-14-27)18-28(26(31)32-3)23-9-7-20(8-10-23)16-25(29)30;1-3-4-2;1-2(3)4;1-2/h6-10,15,19,21H,4-5,11-14,16-18H2,1-3H3,(H,29,30);3H,1,4H2,2H3;4H,1H3;1-2H3. The van der Waals surface area contributed by atoms with Gasteiger partial charge in [-0.15, -0.1) is 6.58 Å². The van der Waals surface area contributed by atoms with E-state index in [0.717, 1.165) is 63.7 Å². The number of piperidine rings is 1. The van der Waals surface area contributed by atoms with Gasteiger partial charge in [0.05, 0.1) is 25.9 Å². The quantitative estimate of drug-likeness (QED) is 0.207. The van der Waals surface area contributed by atoms with Crippen LogP contribution < -0.4 is 4.90 Å². The van der Waals surface area contributed by atoms with E-state index in [9.17, 15) is 14.0 Å². The molecular formula is C34H54FN3O5. The smallest absolute Gasteiger partial charge is 0.414 e. The molecule has 1 fully saturated rings. The number of carbonyl (C=O) groups excluding carboxylic acids is 1. The highest BCUT2D eigenvalue weighted by molar-refractivity contribution is 5.87. The van der Waals surface area contributed by atoms with Crippen molar-refractivity contribution in [3.05, 3.63) is 66.0 Å². The maximum absolute atomic E-state index is 12.5. The number of halogens is 1. The van der Waals surface area contributed by atoms with Gasteiger partial charge in [0, 0.05) is 31.6 Å². The van der Waals surface area contributed by atoms with Gasteiger partial charge in [0.25, 0.3) is 0 Å². The molecule has 3 rings (SSSR count). The van der Waals surface area contributed by atoms with Crippen molar-refractivity contribution in [3.8, 4) is 0 Å². The molecule has 1 unspecified atom stereocenters. The molecule has 0 saturated carbocycles. The van der Waals surface area contributed by atoms with Gasteiger partial charge in [-0.3, -0.25) is 20.0 Å². The van der Waals surface area contributed by atoms with E-state index in [1.54, 1.807) is 29.2 Å². The molecule has 1 aromatic carbocycles. The zero-order valence-corrected chi connectivity index (χ0v) is 27.3. The first-order chi connectivity index (χ1) is 20.5. The van der Waals surface area contributed by atoms with Gasteiger partial charge < -0.3 is 14.6 Å². The van der Waals surface area contributed by atoms with Gasteiger partial charge in [0.1, 0.15) is 0 Å². The Bertz CT molecular complexity index is 1030. The zero-order valence-electron chi connectivity index (χ0n) is 27.3. The van der Waals surface area contributed by atoms with Crippen molar-refractivity contribution >= 4 is 23.7 Å². The van der Waals surface area contributed by atoms with Gasteiger partial charge in [-0.25, -0.2) is 4.79 Å². The molecule has 1 aromatic rings. The lowest BCUT2D eigenvalue weighted by Gasteiger charge is -2.35. The minimum absolute atomic E-state index is 0.0342. The third kappa shape index (κ3) is 16.7. The number of nitrogens with zero attached hydrogens (tertiary/aromatic N) is 2. The Kier molecular flexibility index (Phi) is 21.2. The molecular weight excluding hydrogens is 549 g/mol. The number of carboxylic acid groups (broad SMARTS) is 1. The summed E-state index contributed by atoms with van der Waals surface area (Å²) in [6, 6.07) is 7.10. The summed E-state index contributed by atoms with van der Waals surface area (Å²) in [7, 11) is 1.39. The molecule has 2 N–H and O–H groups in total. The largest absolute Gasteiger partial charge is 0.498 e. The number of methoxy groups -OCH3 is 1. The number of amides is 1. The molecule has 1 amide bonds. The Morgan fingerprint density at radius 1 is 1.19 bits per heavy atom. The van der Waals surface area contributed by atoms with Gasteiger partial charge in [-0.2, -0.15) is 4.39 Å². The van der Waals surface area contributed by atoms with E-state index < -0.39 is 18.0 Å². The van der Waals surface area contributed by atoms with Crippen molar-refractivity contribution < 1.29 is 28.6 Å². The maximum Gasteiger partial charge on any atom is 0.414 e. The van der Waals surface area contributed by atoms with Crippen LogP contribution in [0.2, 0.25) is 0 Å². The molecule has 1 heterocycles. The molecule has 1 aliphatic carbocycles. The number of carboxylic acids is 1. The highest BCUT2D eigenvalue weighted by Crippen LogP contribution is 2.27. The number of ether oxygens (including phenoxy) is 2. The van der Waals surface area contributed by atoms with E-state index in [4.69, 9.17) is 20.0 Å². The molecule has 1 saturated heterocycles. The fourth-order valence-corrected chi connectivity index (χ4v) is 4.50. The van der Waals surface area contributed by atoms with Crippen molar-refractivity contribution in [1.29, 1.82) is 5.41 Å². The van der Waals surface area contributed by atoms with Crippen molar-refractivity contribution in [2.45, 2.75) is 73.6 Å². The predicted octanol–water partition coefficient (Wildman–Crippen LogP) is 8.05. The molecule has 242 valence electrons. The number of carbonyl (C=O) groups is 2. The number of rotatable bonds is 10. The Balaban J connectivity index is 0.00000154. The average molecular weight is 604 g/mol. The highest BCUT2D eigenvalue weighted by atomic mass is 19.1. The molecule has 1 atom stereocenters. The molecule has 9 heteroatoms. The summed E-state index contributed by atoms with van der Waals surface area (Å²) in [6.07, 6.45) is 10.1. The number of likely N-dealkylation sites (tertiary alicyclic amines) is 1. The summed E-state index contributed by atoms with van der Waals surface area (Å²) in [5, 5.41) is 14.8. The van der Waals surface area contributed by atoms with Crippen LogP contribution in [-0.4, -0.2) is 67.9 Å². The maximum atomic E-state index is 12.5. The van der Waals surface area contributed by atoms with Gasteiger partial charge in [-0.1, -0.05) is 52.0 Å². The molecule has 0 radical (unpaired) electrons. The lowest BCUT2D eigenvalue weighted by Crippen LogP contribution is -2.41. The Morgan fingerprint density at radius 3 is 2.21 bits per heavy atom. The average Bonchev–Trinajstić information content (AvgIpc) is 2.99. The molecule has 2 aliphatic rings. The van der Waals surface area contributed by atoms with E-state index in [-0.39, 0.29) is 6.42 Å². The van der Waals surface area contributed by atoms with Crippen LogP contribution in [0.25, 0.3) is 0 Å². The van der Waals surface area contributed by atoms with Crippen LogP contribution in [0.15, 0.2) is 60.4 Å². The first kappa shape index (κ1) is 39.5. The van der Waals surface area contributed by atoms with Crippen LogP contribution in [0, 0.1) is 17.2 Å². The first-order valence-electron chi connectivity index (χ1n) is 15.3. The second kappa shape index (κ2) is 23.1. The summed E-state index contributed by atoms with van der Waals surface area (Å²) in [6.45, 7) is 19.1. The summed E-state index contributed by atoms with van der Waals surface area (Å²) in [4.78, 5) is 27.5. The van der Waals surface area contributed by atoms with Crippen LogP contribution in [0.5, 0.6) is 0 Å². The topological polar surface area (TPSA) is 103 Å². The molecule has 8 nitrogen and oxygen atoms in total. The number of hydrogen-bond donors (Lipinski definition) is 2. The second-order valence-electron chi connectivity index (χ2n) is 10.2. The fraction of sp³-hybridized carbons (Fsp3) is 0.559. The minimum Gasteiger partial charge on any atom is -0.498 e. The van der Waals surface area contributed by atoms with Gasteiger partial charge in [-0.05, 0) is 81.0 Å². The Labute approximate surface area is 258 Å². The fourth-order valence-electron chi connectivity index (χ4n) is 4.50. The zero-order chi connectivity index (χ0) is 32.8. The van der Waals surface area contributed by atoms with E-state index in [1.807, 2.05) is 26.8 Å². The molecule has 43 heavy (non-hydrogen) atoms. The van der Waals surface area contributed by atoms with Crippen LogP contribution >= 0.6 is 0 Å². The number of anilines is 1. The summed E-state index contributed by atoms with van der Waals surface area (Å²) in [5.41, 5.74) is 2.76. The Morgan fingerprint density at radius 2 is 1.74 bits per heavy atom. The van der Waals surface area contributed by atoms with Crippen molar-refractivity contribution in [2.24, 2.45) is 11.8 Å². The van der Waals surface area contributed by atoms with E-state index in [1.165, 1.54) is 12.7 Å². The van der Waals surface area contributed by atoms with Crippen molar-refractivity contribution in [1.82, 2.24) is 4.90 Å². The molecule has 0 spiro atoms. The number of benzene rings is 1. The van der Waals surface area contributed by atoms with Crippen LogP contribution in [0.4, 0.5) is 14.9 Å². The Hall–Kier alpha value is -3.46. The number of aliphatic carboxylic acids is 1. The van der Waals surface area contributed by atoms with Crippen molar-refractivity contribution in [2.75, 3.05) is 44.8 Å². The second-order valence-corrected chi connectivity index (χ2v) is 10.2. The van der Waals surface area contributed by atoms with Gasteiger partial charge >= 0.3 is 12.1 Å². The molecule has 1 aliphatic heterocycles. The number of hydrogen-bond acceptors (Lipinski definition) is 6. The predicted molar refractivity (Wildman–Crippen MR) is 175 cm³/mol. The normalized spacial score (nSPS) is 16.2. The summed E-state index contributed by atoms with van der Waals surface area (Å²) in [5.74, 6) is 0.214. The monoisotopic (exact) mass is 603 g/mol. The third-order valence-electron chi connectivity index (χ3n) is 6.70. The van der Waals surface area contributed by atoms with Crippen molar-refractivity contribution in [3.63, 3.8) is 0 Å². The summed E-state index contributed by atoms with van der Waals surface area (Å²) >= 11 is 0. The SMILES string of the molecule is C=CCC.CC.CC(=N)F.CCOC1=CC(CN2CCC(CN(C(=O)OC)c3ccc(CC(=O)O)cc3)CC2)=CCC1C. The highest BCUT2D eigenvalue weighted by Gasteiger charge is 2.26. The molecule has 0 bridgehead atoms. The lowest BCUT2D eigenvalue weighted by atomic mass is 9.93. The van der Waals surface area contributed by atoms with Crippen LogP contribution in [0.3, 0.4) is 0 Å². The summed E-state index contributed by atoms with van der Waals surface area (Å²) < 4.78 is 21.4. The third-order valence-corrected chi connectivity index (χ3v) is 6.70. The van der Waals surface area contributed by atoms with Crippen LogP contribution in [0.1, 0.15) is 72.8 Å². The van der Waals surface area contributed by atoms with Gasteiger partial charge in [0.2, 0.25) is 0 Å².